The summed E-state index contributed by atoms with van der Waals surface area (Å²) in [5.41, 5.74) is 3.80. The van der Waals surface area contributed by atoms with Gasteiger partial charge in [-0.05, 0) is 90.2 Å². The van der Waals surface area contributed by atoms with Gasteiger partial charge in [0.15, 0.2) is 6.29 Å². The minimum Gasteiger partial charge on any atom is -0.457 e. The van der Waals surface area contributed by atoms with Crippen molar-refractivity contribution in [3.05, 3.63) is 155 Å². The molecule has 5 aromatic carbocycles. The van der Waals surface area contributed by atoms with Gasteiger partial charge in [0, 0.05) is 47.5 Å². The summed E-state index contributed by atoms with van der Waals surface area (Å²) in [6, 6.07) is 39.1. The summed E-state index contributed by atoms with van der Waals surface area (Å²) in [4.78, 5) is 15.4. The summed E-state index contributed by atoms with van der Waals surface area (Å²) in [7, 11) is 0. The summed E-state index contributed by atoms with van der Waals surface area (Å²) >= 11 is 6.10. The molecule has 0 bridgehead atoms. The minimum absolute atomic E-state index is 0.000122. The maximum atomic E-state index is 13.0. The number of carbonyl (C=O) groups is 1. The van der Waals surface area contributed by atoms with Crippen LogP contribution in [0.3, 0.4) is 0 Å². The van der Waals surface area contributed by atoms with Crippen molar-refractivity contribution in [2.45, 2.75) is 50.5 Å². The molecule has 2 aliphatic heterocycles. The molecule has 7 rings (SSSR count). The zero-order valence-electron chi connectivity index (χ0n) is 29.5. The average molecular weight is 734 g/mol. The molecule has 2 heterocycles. The van der Waals surface area contributed by atoms with Gasteiger partial charge < -0.3 is 40.0 Å². The number of hydrogen-bond acceptors (Lipinski definition) is 7. The Kier molecular flexibility index (Phi) is 11.4. The molecule has 0 spiro atoms. The van der Waals surface area contributed by atoms with Crippen LogP contribution in [0, 0.1) is 5.92 Å². The number of carbonyl (C=O) groups excluding carboxylic acids is 1. The van der Waals surface area contributed by atoms with Crippen molar-refractivity contribution >= 4 is 29.0 Å². The largest absolute Gasteiger partial charge is 0.457 e. The van der Waals surface area contributed by atoms with E-state index in [4.69, 9.17) is 25.8 Å². The maximum absolute atomic E-state index is 13.0. The van der Waals surface area contributed by atoms with Gasteiger partial charge in [-0.3, -0.25) is 0 Å². The van der Waals surface area contributed by atoms with E-state index in [1.165, 1.54) is 0 Å². The minimum atomic E-state index is -0.900. The van der Waals surface area contributed by atoms with Crippen LogP contribution in [0.2, 0.25) is 5.02 Å². The van der Waals surface area contributed by atoms with E-state index >= 15 is 0 Å². The third-order valence-corrected chi connectivity index (χ3v) is 10.4. The lowest BCUT2D eigenvalue weighted by Gasteiger charge is -2.45. The zero-order chi connectivity index (χ0) is 36.8. The number of halogens is 1. The Morgan fingerprint density at radius 1 is 0.811 bits per heavy atom. The van der Waals surface area contributed by atoms with Crippen LogP contribution in [0.5, 0.6) is 11.5 Å². The van der Waals surface area contributed by atoms with Crippen LogP contribution in [0.1, 0.15) is 54.4 Å². The first-order valence-electron chi connectivity index (χ1n) is 18.0. The van der Waals surface area contributed by atoms with Crippen molar-refractivity contribution in [1.82, 2.24) is 4.90 Å². The number of aliphatic hydroxyl groups excluding tert-OH is 1. The van der Waals surface area contributed by atoms with Gasteiger partial charge in [-0.2, -0.15) is 0 Å². The van der Waals surface area contributed by atoms with E-state index in [0.717, 1.165) is 28.0 Å². The number of para-hydroxylation sites is 1. The van der Waals surface area contributed by atoms with E-state index in [0.29, 0.717) is 54.6 Å². The predicted molar refractivity (Wildman–Crippen MR) is 206 cm³/mol. The first kappa shape index (κ1) is 36.6. The Bertz CT molecular complexity index is 1950. The van der Waals surface area contributed by atoms with Gasteiger partial charge in [-0.15, -0.1) is 0 Å². The van der Waals surface area contributed by atoms with Gasteiger partial charge in [0.2, 0.25) is 0 Å². The molecule has 2 aliphatic rings. The Balaban J connectivity index is 1.03. The quantitative estimate of drug-likeness (QED) is 0.113. The monoisotopic (exact) mass is 733 g/mol. The van der Waals surface area contributed by atoms with E-state index in [-0.39, 0.29) is 30.8 Å². The van der Waals surface area contributed by atoms with Crippen molar-refractivity contribution < 1.29 is 29.2 Å². The summed E-state index contributed by atoms with van der Waals surface area (Å²) in [5, 5.41) is 27.6. The van der Waals surface area contributed by atoms with Gasteiger partial charge in [0.05, 0.1) is 24.4 Å². The van der Waals surface area contributed by atoms with E-state index in [1.54, 1.807) is 24.3 Å². The molecular weight excluding hydrogens is 690 g/mol. The standard InChI is InChI=1S/C43H44ClN3O6/c1-29-39(27-47-24-22-43(50,23-25-47)33-14-16-34(44)17-15-33)52-41(53-40(29)31-12-10-30(28-48)11-13-31)32-6-5-7-36(26-32)46-42(49)45-35-18-20-38(21-19-35)51-37-8-3-2-4-9-37/h2-21,26,29,39-41,48,50H,22-25,27-28H2,1H3,(H2,45,46,49)/t29-,39+,40+,41+/m1/s1. The van der Waals surface area contributed by atoms with Crippen molar-refractivity contribution in [3.63, 3.8) is 0 Å². The Morgan fingerprint density at radius 3 is 2.19 bits per heavy atom. The molecule has 2 amide bonds. The third kappa shape index (κ3) is 9.08. The van der Waals surface area contributed by atoms with Crippen molar-refractivity contribution in [3.8, 4) is 11.5 Å². The number of piperidine rings is 1. The lowest BCUT2D eigenvalue weighted by atomic mass is 9.84. The van der Waals surface area contributed by atoms with E-state index in [1.807, 2.05) is 103 Å². The van der Waals surface area contributed by atoms with E-state index < -0.39 is 11.9 Å². The highest BCUT2D eigenvalue weighted by Crippen LogP contribution is 2.43. The molecular formula is C43H44ClN3O6. The van der Waals surface area contributed by atoms with Crippen LogP contribution in [-0.2, 0) is 21.7 Å². The van der Waals surface area contributed by atoms with Crippen molar-refractivity contribution in [2.24, 2.45) is 5.92 Å². The smallest absolute Gasteiger partial charge is 0.323 e. The fourth-order valence-corrected chi connectivity index (χ4v) is 7.15. The summed E-state index contributed by atoms with van der Waals surface area (Å²) in [6.07, 6.45) is 0.0333. The number of rotatable bonds is 10. The number of benzene rings is 5. The van der Waals surface area contributed by atoms with Crippen LogP contribution < -0.4 is 15.4 Å². The Hall–Kier alpha value is -4.74. The molecule has 274 valence electrons. The second-order valence-corrected chi connectivity index (χ2v) is 14.2. The van der Waals surface area contributed by atoms with Gasteiger partial charge in [0.25, 0.3) is 0 Å². The number of amides is 2. The van der Waals surface area contributed by atoms with Gasteiger partial charge >= 0.3 is 6.03 Å². The third-order valence-electron chi connectivity index (χ3n) is 10.1. The lowest BCUT2D eigenvalue weighted by molar-refractivity contribution is -0.277. The molecule has 0 saturated carbocycles. The molecule has 9 nitrogen and oxygen atoms in total. The summed E-state index contributed by atoms with van der Waals surface area (Å²) in [6.45, 7) is 4.20. The molecule has 4 N–H and O–H groups in total. The van der Waals surface area contributed by atoms with Crippen LogP contribution in [0.25, 0.3) is 0 Å². The predicted octanol–water partition coefficient (Wildman–Crippen LogP) is 9.04. The summed E-state index contributed by atoms with van der Waals surface area (Å²) < 4.78 is 19.3. The number of likely N-dealkylation sites (tertiary alicyclic amines) is 1. The molecule has 2 fully saturated rings. The van der Waals surface area contributed by atoms with Crippen molar-refractivity contribution in [1.29, 1.82) is 0 Å². The van der Waals surface area contributed by atoms with Crippen LogP contribution >= 0.6 is 11.6 Å². The highest BCUT2D eigenvalue weighted by Gasteiger charge is 2.41. The molecule has 0 aromatic heterocycles. The fourth-order valence-electron chi connectivity index (χ4n) is 7.02. The number of urea groups is 1. The number of nitrogens with one attached hydrogen (secondary N) is 2. The first-order valence-corrected chi connectivity index (χ1v) is 18.3. The average Bonchev–Trinajstić information content (AvgIpc) is 3.18. The fraction of sp³-hybridized carbons (Fsp3) is 0.279. The summed E-state index contributed by atoms with van der Waals surface area (Å²) in [5.74, 6) is 1.40. The van der Waals surface area contributed by atoms with Crippen LogP contribution in [-0.4, -0.2) is 46.9 Å². The van der Waals surface area contributed by atoms with E-state index in [2.05, 4.69) is 22.5 Å². The Morgan fingerprint density at radius 2 is 1.49 bits per heavy atom. The topological polar surface area (TPSA) is 113 Å². The highest BCUT2D eigenvalue weighted by molar-refractivity contribution is 6.30. The molecule has 0 aliphatic carbocycles. The molecule has 53 heavy (non-hydrogen) atoms. The Labute approximate surface area is 315 Å². The first-order chi connectivity index (χ1) is 25.7. The molecule has 2 saturated heterocycles. The van der Waals surface area contributed by atoms with E-state index in [9.17, 15) is 15.0 Å². The number of anilines is 2. The number of ether oxygens (including phenoxy) is 3. The molecule has 5 aromatic rings. The maximum Gasteiger partial charge on any atom is 0.323 e. The second kappa shape index (κ2) is 16.5. The number of nitrogens with zero attached hydrogens (tertiary/aromatic N) is 1. The number of aliphatic hydroxyl groups is 2. The van der Waals surface area contributed by atoms with Crippen molar-refractivity contribution in [2.75, 3.05) is 30.3 Å². The molecule has 4 atom stereocenters. The lowest BCUT2D eigenvalue weighted by Crippen LogP contribution is -2.49. The van der Waals surface area contributed by atoms with Crippen LogP contribution in [0.4, 0.5) is 16.2 Å². The van der Waals surface area contributed by atoms with Gasteiger partial charge in [-0.1, -0.05) is 85.3 Å². The van der Waals surface area contributed by atoms with Gasteiger partial charge in [-0.25, -0.2) is 4.79 Å². The highest BCUT2D eigenvalue weighted by atomic mass is 35.5. The normalized spacial score (nSPS) is 21.4. The number of hydrogen-bond donors (Lipinski definition) is 4. The second-order valence-electron chi connectivity index (χ2n) is 13.8. The SMILES string of the molecule is C[C@@H]1[C@H](CN2CCC(O)(c3ccc(Cl)cc3)CC2)O[C@H](c2cccc(NC(=O)Nc3ccc(Oc4ccccc4)cc3)c2)O[C@@H]1c1ccc(CO)cc1. The van der Waals surface area contributed by atoms with Crippen LogP contribution in [0.15, 0.2) is 127 Å². The molecule has 0 radical (unpaired) electrons. The zero-order valence-corrected chi connectivity index (χ0v) is 30.3. The molecule has 10 heteroatoms. The molecule has 0 unspecified atom stereocenters. The van der Waals surface area contributed by atoms with Gasteiger partial charge in [0.1, 0.15) is 11.5 Å².